The Bertz CT molecular complexity index is 1280. The van der Waals surface area contributed by atoms with Crippen molar-refractivity contribution in [1.29, 1.82) is 0 Å². The summed E-state index contributed by atoms with van der Waals surface area (Å²) in [6, 6.07) is 18.2. The van der Waals surface area contributed by atoms with Gasteiger partial charge < -0.3 is 15.0 Å². The minimum Gasteiger partial charge on any atom is -0.482 e. The topological polar surface area (TPSA) is 79.0 Å². The number of carbonyl (C=O) groups excluding carboxylic acids is 1. The molecule has 1 amide bonds. The van der Waals surface area contributed by atoms with Crippen LogP contribution in [0.1, 0.15) is 5.56 Å². The van der Waals surface area contributed by atoms with Gasteiger partial charge >= 0.3 is 0 Å². The number of aryl methyl sites for hydroxylation is 1. The first kappa shape index (κ1) is 22.1. The number of benzene rings is 3. The van der Waals surface area contributed by atoms with Crippen molar-refractivity contribution >= 4 is 63.2 Å². The highest BCUT2D eigenvalue weighted by molar-refractivity contribution is 7.80. The van der Waals surface area contributed by atoms with Gasteiger partial charge in [0.2, 0.25) is 0 Å². The zero-order chi connectivity index (χ0) is 22.7. The van der Waals surface area contributed by atoms with E-state index in [-0.39, 0.29) is 11.7 Å². The molecule has 3 aromatic carbocycles. The number of aromatic amines is 1. The molecule has 0 radical (unpaired) electrons. The van der Waals surface area contributed by atoms with Crippen molar-refractivity contribution in [2.75, 3.05) is 11.9 Å². The highest BCUT2D eigenvalue weighted by atomic mass is 35.5. The van der Waals surface area contributed by atoms with Crippen molar-refractivity contribution in [3.05, 3.63) is 76.3 Å². The van der Waals surface area contributed by atoms with E-state index in [0.717, 1.165) is 22.2 Å². The van der Waals surface area contributed by atoms with Gasteiger partial charge in [-0.2, -0.15) is 0 Å². The standard InChI is InChI=1S/C23H18Cl2N4O2S/c1-13-9-18-19(11-17(13)25)28-22(27-18)14-5-4-6-15(10-14)26-23(32)29-21(30)12-31-20-8-3-2-7-16(20)24/h2-11H,12H2,1H3,(H,27,28)(H2,26,29,30,32). The second-order valence-electron chi connectivity index (χ2n) is 7.01. The Hall–Kier alpha value is -3.13. The summed E-state index contributed by atoms with van der Waals surface area (Å²) in [5.74, 6) is 0.731. The lowest BCUT2D eigenvalue weighted by molar-refractivity contribution is -0.121. The number of H-pyrrole nitrogens is 1. The Morgan fingerprint density at radius 2 is 1.91 bits per heavy atom. The predicted molar refractivity (Wildman–Crippen MR) is 133 cm³/mol. The van der Waals surface area contributed by atoms with E-state index in [1.165, 1.54) is 0 Å². The molecule has 0 spiro atoms. The quantitative estimate of drug-likeness (QED) is 0.315. The number of ether oxygens (including phenoxy) is 1. The maximum Gasteiger partial charge on any atom is 0.264 e. The van der Waals surface area contributed by atoms with E-state index < -0.39 is 5.91 Å². The van der Waals surface area contributed by atoms with Gasteiger partial charge in [-0.25, -0.2) is 4.98 Å². The number of imidazole rings is 1. The van der Waals surface area contributed by atoms with E-state index in [4.69, 9.17) is 40.2 Å². The number of nitrogens with zero attached hydrogens (tertiary/aromatic N) is 1. The van der Waals surface area contributed by atoms with Crippen LogP contribution in [0.15, 0.2) is 60.7 Å². The van der Waals surface area contributed by atoms with Gasteiger partial charge in [-0.15, -0.1) is 0 Å². The molecular formula is C23H18Cl2N4O2S. The fourth-order valence-corrected chi connectivity index (χ4v) is 3.63. The second-order valence-corrected chi connectivity index (χ2v) is 8.23. The number of hydrogen-bond donors (Lipinski definition) is 3. The van der Waals surface area contributed by atoms with Crippen molar-refractivity contribution in [3.63, 3.8) is 0 Å². The summed E-state index contributed by atoms with van der Waals surface area (Å²) in [5, 5.41) is 6.84. The molecule has 0 aliphatic carbocycles. The van der Waals surface area contributed by atoms with Gasteiger partial charge in [-0.1, -0.05) is 47.5 Å². The molecule has 4 rings (SSSR count). The molecule has 0 bridgehead atoms. The van der Waals surface area contributed by atoms with E-state index >= 15 is 0 Å². The molecule has 0 fully saturated rings. The van der Waals surface area contributed by atoms with Crippen LogP contribution in [0.5, 0.6) is 5.75 Å². The highest BCUT2D eigenvalue weighted by Crippen LogP contribution is 2.27. The summed E-state index contributed by atoms with van der Waals surface area (Å²) in [5.41, 5.74) is 4.23. The molecule has 0 saturated carbocycles. The number of thiocarbonyl (C=S) groups is 1. The number of hydrogen-bond acceptors (Lipinski definition) is 4. The van der Waals surface area contributed by atoms with Crippen LogP contribution < -0.4 is 15.4 Å². The van der Waals surface area contributed by atoms with E-state index in [0.29, 0.717) is 27.3 Å². The zero-order valence-corrected chi connectivity index (χ0v) is 19.2. The lowest BCUT2D eigenvalue weighted by atomic mass is 10.2. The van der Waals surface area contributed by atoms with E-state index in [2.05, 4.69) is 20.6 Å². The van der Waals surface area contributed by atoms with Crippen molar-refractivity contribution in [1.82, 2.24) is 15.3 Å². The third-order valence-electron chi connectivity index (χ3n) is 4.60. The molecule has 162 valence electrons. The van der Waals surface area contributed by atoms with E-state index in [1.807, 2.05) is 43.3 Å². The Kier molecular flexibility index (Phi) is 6.60. The molecular weight excluding hydrogens is 467 g/mol. The average Bonchev–Trinajstić information content (AvgIpc) is 3.16. The van der Waals surface area contributed by atoms with Gasteiger partial charge in [-0.05, 0) is 61.1 Å². The number of carbonyl (C=O) groups is 1. The molecule has 4 aromatic rings. The SMILES string of the molecule is Cc1cc2[nH]c(-c3cccc(NC(=S)NC(=O)COc4ccccc4Cl)c3)nc2cc1Cl. The predicted octanol–water partition coefficient (Wildman–Crippen LogP) is 5.74. The van der Waals surface area contributed by atoms with Crippen LogP contribution in [-0.4, -0.2) is 27.6 Å². The van der Waals surface area contributed by atoms with Gasteiger partial charge in [-0.3, -0.25) is 10.1 Å². The van der Waals surface area contributed by atoms with Crippen LogP contribution >= 0.6 is 35.4 Å². The molecule has 0 unspecified atom stereocenters. The van der Waals surface area contributed by atoms with E-state index in [1.54, 1.807) is 24.3 Å². The van der Waals surface area contributed by atoms with Crippen LogP contribution in [0.2, 0.25) is 10.0 Å². The Morgan fingerprint density at radius 3 is 2.72 bits per heavy atom. The average molecular weight is 485 g/mol. The van der Waals surface area contributed by atoms with Crippen LogP contribution in [0, 0.1) is 6.92 Å². The summed E-state index contributed by atoms with van der Waals surface area (Å²) >= 11 is 17.5. The maximum atomic E-state index is 12.1. The number of para-hydroxylation sites is 1. The first-order valence-corrected chi connectivity index (χ1v) is 10.8. The van der Waals surface area contributed by atoms with E-state index in [9.17, 15) is 4.79 Å². The number of amides is 1. The molecule has 1 aromatic heterocycles. The highest BCUT2D eigenvalue weighted by Gasteiger charge is 2.10. The Labute approximate surface area is 199 Å². The minimum atomic E-state index is -0.400. The fourth-order valence-electron chi connectivity index (χ4n) is 3.05. The number of fused-ring (bicyclic) bond motifs is 1. The van der Waals surface area contributed by atoms with Crippen molar-refractivity contribution < 1.29 is 9.53 Å². The number of aromatic nitrogens is 2. The van der Waals surface area contributed by atoms with Crippen LogP contribution in [0.4, 0.5) is 5.69 Å². The molecule has 0 aliphatic rings. The van der Waals surface area contributed by atoms with Crippen LogP contribution in [0.25, 0.3) is 22.4 Å². The molecule has 32 heavy (non-hydrogen) atoms. The zero-order valence-electron chi connectivity index (χ0n) is 16.9. The Morgan fingerprint density at radius 1 is 1.09 bits per heavy atom. The monoisotopic (exact) mass is 484 g/mol. The van der Waals surface area contributed by atoms with Gasteiger partial charge in [0.25, 0.3) is 5.91 Å². The first-order chi connectivity index (χ1) is 15.4. The summed E-state index contributed by atoms with van der Waals surface area (Å²) in [4.78, 5) is 20.1. The largest absolute Gasteiger partial charge is 0.482 e. The second kappa shape index (κ2) is 9.56. The van der Waals surface area contributed by atoms with Gasteiger partial charge in [0, 0.05) is 16.3 Å². The third kappa shape index (κ3) is 5.19. The Balaban J connectivity index is 1.40. The lowest BCUT2D eigenvalue weighted by Crippen LogP contribution is -2.37. The summed E-state index contributed by atoms with van der Waals surface area (Å²) in [6.07, 6.45) is 0. The summed E-state index contributed by atoms with van der Waals surface area (Å²) < 4.78 is 5.42. The lowest BCUT2D eigenvalue weighted by Gasteiger charge is -2.11. The number of rotatable bonds is 5. The molecule has 3 N–H and O–H groups in total. The summed E-state index contributed by atoms with van der Waals surface area (Å²) in [7, 11) is 0. The molecule has 9 heteroatoms. The van der Waals surface area contributed by atoms with Gasteiger partial charge in [0.15, 0.2) is 11.7 Å². The van der Waals surface area contributed by atoms with Crippen molar-refractivity contribution in [2.45, 2.75) is 6.92 Å². The normalized spacial score (nSPS) is 10.7. The molecule has 0 saturated heterocycles. The first-order valence-electron chi connectivity index (χ1n) is 9.63. The molecule has 0 aliphatic heterocycles. The van der Waals surface area contributed by atoms with Gasteiger partial charge in [0.05, 0.1) is 16.1 Å². The minimum absolute atomic E-state index is 0.155. The maximum absolute atomic E-state index is 12.1. The number of anilines is 1. The third-order valence-corrected chi connectivity index (χ3v) is 5.53. The van der Waals surface area contributed by atoms with Crippen molar-refractivity contribution in [2.24, 2.45) is 0 Å². The molecule has 6 nitrogen and oxygen atoms in total. The van der Waals surface area contributed by atoms with Crippen molar-refractivity contribution in [3.8, 4) is 17.1 Å². The number of halogens is 2. The fraction of sp³-hybridized carbons (Fsp3) is 0.0870. The molecule has 1 heterocycles. The summed E-state index contributed by atoms with van der Waals surface area (Å²) in [6.45, 7) is 1.73. The number of nitrogens with one attached hydrogen (secondary N) is 3. The van der Waals surface area contributed by atoms with Gasteiger partial charge in [0.1, 0.15) is 11.6 Å². The molecule has 0 atom stereocenters. The van der Waals surface area contributed by atoms with Crippen LogP contribution in [0.3, 0.4) is 0 Å². The smallest absolute Gasteiger partial charge is 0.264 e. The van der Waals surface area contributed by atoms with Crippen LogP contribution in [-0.2, 0) is 4.79 Å².